The molecule has 0 aliphatic rings. The van der Waals surface area contributed by atoms with E-state index in [4.69, 9.17) is 4.74 Å². The molecule has 1 rings (SSSR count). The fraction of sp³-hybridized carbons (Fsp3) is 0.812. The molecule has 21 heavy (non-hydrogen) atoms. The summed E-state index contributed by atoms with van der Waals surface area (Å²) in [5, 5.41) is 8.84. The Morgan fingerprint density at radius 3 is 2.57 bits per heavy atom. The van der Waals surface area contributed by atoms with Crippen molar-refractivity contribution in [3.05, 3.63) is 11.9 Å². The van der Waals surface area contributed by atoms with Crippen LogP contribution in [-0.2, 0) is 0 Å². The summed E-state index contributed by atoms with van der Waals surface area (Å²) in [6.45, 7) is 12.1. The average molecular weight is 314 g/mol. The predicted molar refractivity (Wildman–Crippen MR) is 92.4 cm³/mol. The van der Waals surface area contributed by atoms with E-state index in [9.17, 15) is 0 Å². The van der Waals surface area contributed by atoms with Gasteiger partial charge in [0.1, 0.15) is 0 Å². The van der Waals surface area contributed by atoms with Gasteiger partial charge in [0, 0.05) is 17.0 Å². The molecule has 4 nitrogen and oxygen atoms in total. The lowest BCUT2D eigenvalue weighted by Crippen LogP contribution is -2.28. The first-order valence-electron chi connectivity index (χ1n) is 8.01. The summed E-state index contributed by atoms with van der Waals surface area (Å²) in [4.78, 5) is 0. The predicted octanol–water partition coefficient (Wildman–Crippen LogP) is 4.05. The number of nitrogens with one attached hydrogen (secondary N) is 1. The third-order valence-corrected chi connectivity index (χ3v) is 5.03. The number of thioether (sulfide) groups is 1. The fourth-order valence-corrected chi connectivity index (χ4v) is 3.22. The van der Waals surface area contributed by atoms with Crippen molar-refractivity contribution in [2.75, 3.05) is 19.4 Å². The highest BCUT2D eigenvalue weighted by atomic mass is 32.2. The zero-order valence-electron chi connectivity index (χ0n) is 14.3. The Kier molecular flexibility index (Phi) is 8.19. The quantitative estimate of drug-likeness (QED) is 0.707. The molecule has 0 saturated carbocycles. The van der Waals surface area contributed by atoms with Crippen LogP contribution in [0.5, 0.6) is 5.75 Å². The van der Waals surface area contributed by atoms with Gasteiger partial charge in [0.2, 0.25) is 0 Å². The molecular weight excluding hydrogens is 282 g/mol. The van der Waals surface area contributed by atoms with Gasteiger partial charge < -0.3 is 10.1 Å². The lowest BCUT2D eigenvalue weighted by atomic mass is 10.2. The highest BCUT2D eigenvalue weighted by Gasteiger charge is 2.23. The Labute approximate surface area is 134 Å². The largest absolute Gasteiger partial charge is 0.493 e. The Bertz CT molecular complexity index is 406. The van der Waals surface area contributed by atoms with Gasteiger partial charge in [-0.05, 0) is 33.2 Å². The van der Waals surface area contributed by atoms with E-state index in [1.54, 1.807) is 7.11 Å². The van der Waals surface area contributed by atoms with Crippen molar-refractivity contribution >= 4 is 11.8 Å². The Hall–Kier alpha value is -0.680. The molecule has 5 heteroatoms. The van der Waals surface area contributed by atoms with Crippen molar-refractivity contribution in [2.45, 2.75) is 64.8 Å². The Balaban J connectivity index is 2.97. The van der Waals surface area contributed by atoms with E-state index in [0.717, 1.165) is 24.5 Å². The molecule has 0 aromatic carbocycles. The van der Waals surface area contributed by atoms with E-state index >= 15 is 0 Å². The van der Waals surface area contributed by atoms with Crippen LogP contribution in [0.2, 0.25) is 0 Å². The van der Waals surface area contributed by atoms with Gasteiger partial charge >= 0.3 is 0 Å². The van der Waals surface area contributed by atoms with Crippen molar-refractivity contribution in [1.29, 1.82) is 0 Å². The second-order valence-electron chi connectivity index (χ2n) is 5.70. The molecule has 1 heterocycles. The standard InChI is InChI=1S/C16H31N3OS/c1-7-9-17-14(11-21-13(5)8-2)16-15(20-6)10-18-19(16)12(3)4/h10,12-14,17H,7-9,11H2,1-6H3. The van der Waals surface area contributed by atoms with Crippen LogP contribution in [-0.4, -0.2) is 34.4 Å². The minimum atomic E-state index is 0.281. The van der Waals surface area contributed by atoms with Crippen LogP contribution in [0.3, 0.4) is 0 Å². The van der Waals surface area contributed by atoms with Crippen molar-refractivity contribution in [1.82, 2.24) is 15.1 Å². The van der Waals surface area contributed by atoms with Gasteiger partial charge in [0.05, 0.1) is 25.0 Å². The smallest absolute Gasteiger partial charge is 0.161 e. The second kappa shape index (κ2) is 9.36. The monoisotopic (exact) mass is 313 g/mol. The summed E-state index contributed by atoms with van der Waals surface area (Å²) < 4.78 is 7.62. The Morgan fingerprint density at radius 2 is 2.05 bits per heavy atom. The number of ether oxygens (including phenoxy) is 1. The van der Waals surface area contributed by atoms with Crippen LogP contribution in [0, 0.1) is 0 Å². The minimum Gasteiger partial charge on any atom is -0.493 e. The molecule has 2 atom stereocenters. The van der Waals surface area contributed by atoms with Crippen LogP contribution in [0.25, 0.3) is 0 Å². The zero-order chi connectivity index (χ0) is 15.8. The van der Waals surface area contributed by atoms with E-state index in [0.29, 0.717) is 11.3 Å². The molecule has 0 bridgehead atoms. The molecule has 0 radical (unpaired) electrons. The molecule has 0 aliphatic heterocycles. The van der Waals surface area contributed by atoms with Gasteiger partial charge in [-0.3, -0.25) is 4.68 Å². The summed E-state index contributed by atoms with van der Waals surface area (Å²) in [7, 11) is 1.73. The summed E-state index contributed by atoms with van der Waals surface area (Å²) in [6.07, 6.45) is 4.16. The fourth-order valence-electron chi connectivity index (χ4n) is 2.19. The maximum absolute atomic E-state index is 5.54. The molecule has 122 valence electrons. The third-order valence-electron chi connectivity index (χ3n) is 3.60. The molecule has 0 spiro atoms. The molecule has 0 aliphatic carbocycles. The average Bonchev–Trinajstić information content (AvgIpc) is 2.91. The molecule has 1 N–H and O–H groups in total. The molecule has 2 unspecified atom stereocenters. The van der Waals surface area contributed by atoms with Crippen molar-refractivity contribution < 1.29 is 4.74 Å². The summed E-state index contributed by atoms with van der Waals surface area (Å²) in [5.41, 5.74) is 1.18. The van der Waals surface area contributed by atoms with Crippen LogP contribution in [0.4, 0.5) is 0 Å². The van der Waals surface area contributed by atoms with Gasteiger partial charge in [-0.25, -0.2) is 0 Å². The summed E-state index contributed by atoms with van der Waals surface area (Å²) >= 11 is 2.01. The van der Waals surface area contributed by atoms with E-state index < -0.39 is 0 Å². The highest BCUT2D eigenvalue weighted by Crippen LogP contribution is 2.31. The molecule has 0 saturated heterocycles. The Morgan fingerprint density at radius 1 is 1.33 bits per heavy atom. The second-order valence-corrected chi connectivity index (χ2v) is 7.17. The number of aromatic nitrogens is 2. The van der Waals surface area contributed by atoms with Crippen molar-refractivity contribution in [2.24, 2.45) is 0 Å². The van der Waals surface area contributed by atoms with Crippen LogP contribution < -0.4 is 10.1 Å². The van der Waals surface area contributed by atoms with Crippen LogP contribution >= 0.6 is 11.8 Å². The third kappa shape index (κ3) is 5.22. The maximum Gasteiger partial charge on any atom is 0.161 e. The van der Waals surface area contributed by atoms with Gasteiger partial charge in [-0.1, -0.05) is 20.8 Å². The SMILES string of the molecule is CCCNC(CSC(C)CC)c1c(OC)cnn1C(C)C. The van der Waals surface area contributed by atoms with Gasteiger partial charge in [-0.15, -0.1) is 0 Å². The first-order chi connectivity index (χ1) is 10.0. The van der Waals surface area contributed by atoms with Gasteiger partial charge in [-0.2, -0.15) is 16.9 Å². The van der Waals surface area contributed by atoms with Crippen molar-refractivity contribution in [3.8, 4) is 5.75 Å². The number of nitrogens with zero attached hydrogens (tertiary/aromatic N) is 2. The maximum atomic E-state index is 5.54. The van der Waals surface area contributed by atoms with E-state index in [2.05, 4.69) is 49.7 Å². The normalized spacial score (nSPS) is 14.4. The number of methoxy groups -OCH3 is 1. The van der Waals surface area contributed by atoms with Crippen LogP contribution in [0.15, 0.2) is 6.20 Å². The van der Waals surface area contributed by atoms with Crippen LogP contribution in [0.1, 0.15) is 65.2 Å². The summed E-state index contributed by atoms with van der Waals surface area (Å²) in [6, 6.07) is 0.618. The lowest BCUT2D eigenvalue weighted by molar-refractivity contribution is 0.390. The molecular formula is C16H31N3OS. The van der Waals surface area contributed by atoms with Gasteiger partial charge in [0.25, 0.3) is 0 Å². The molecule has 1 aromatic rings. The first kappa shape index (κ1) is 18.4. The number of rotatable bonds is 10. The van der Waals surface area contributed by atoms with Crippen molar-refractivity contribution in [3.63, 3.8) is 0 Å². The molecule has 0 amide bonds. The highest BCUT2D eigenvalue weighted by molar-refractivity contribution is 7.99. The lowest BCUT2D eigenvalue weighted by Gasteiger charge is -2.23. The number of hydrogen-bond donors (Lipinski definition) is 1. The first-order valence-corrected chi connectivity index (χ1v) is 9.06. The molecule has 1 aromatic heterocycles. The number of hydrogen-bond acceptors (Lipinski definition) is 4. The van der Waals surface area contributed by atoms with E-state index in [-0.39, 0.29) is 6.04 Å². The summed E-state index contributed by atoms with van der Waals surface area (Å²) in [5.74, 6) is 1.94. The minimum absolute atomic E-state index is 0.281. The molecule has 0 fully saturated rings. The zero-order valence-corrected chi connectivity index (χ0v) is 15.2. The van der Waals surface area contributed by atoms with Gasteiger partial charge in [0.15, 0.2) is 5.75 Å². The van der Waals surface area contributed by atoms with E-state index in [1.807, 2.05) is 18.0 Å². The topological polar surface area (TPSA) is 39.1 Å². The van der Waals surface area contributed by atoms with E-state index in [1.165, 1.54) is 12.1 Å².